The average Bonchev–Trinajstić information content (AvgIpc) is 3.28. The molecular formula is C25H30FN3O4S2. The third-order valence-electron chi connectivity index (χ3n) is 6.03. The molecule has 2 heterocycles. The van der Waals surface area contributed by atoms with Gasteiger partial charge >= 0.3 is 0 Å². The molecule has 7 nitrogen and oxygen atoms in total. The van der Waals surface area contributed by atoms with Crippen LogP contribution in [0.3, 0.4) is 0 Å². The van der Waals surface area contributed by atoms with Crippen LogP contribution in [0.2, 0.25) is 0 Å². The number of likely N-dealkylation sites (tertiary alicyclic amines) is 1. The number of ether oxygens (including phenoxy) is 1. The maximum absolute atomic E-state index is 13.9. The van der Waals surface area contributed by atoms with Crippen LogP contribution in [-0.2, 0) is 10.0 Å². The normalized spacial score (nSPS) is 15.1. The summed E-state index contributed by atoms with van der Waals surface area (Å²) in [5.41, 5.74) is 0.778. The van der Waals surface area contributed by atoms with Crippen molar-refractivity contribution in [1.82, 2.24) is 14.2 Å². The van der Waals surface area contributed by atoms with Crippen molar-refractivity contribution in [2.75, 3.05) is 26.2 Å². The van der Waals surface area contributed by atoms with Gasteiger partial charge in [-0.25, -0.2) is 12.8 Å². The zero-order valence-corrected chi connectivity index (χ0v) is 21.6. The molecule has 1 amide bonds. The number of carbonyl (C=O) groups is 1. The topological polar surface area (TPSA) is 79.8 Å². The van der Waals surface area contributed by atoms with E-state index >= 15 is 0 Å². The molecule has 0 saturated carbocycles. The van der Waals surface area contributed by atoms with Crippen LogP contribution in [0.5, 0.6) is 5.19 Å². The molecule has 0 N–H and O–H groups in total. The van der Waals surface area contributed by atoms with Gasteiger partial charge in [0.05, 0.1) is 9.60 Å². The molecular weight excluding hydrogens is 489 g/mol. The molecule has 0 spiro atoms. The molecule has 0 atom stereocenters. The molecule has 3 aromatic rings. The Morgan fingerprint density at radius 3 is 2.37 bits per heavy atom. The van der Waals surface area contributed by atoms with Crippen molar-refractivity contribution in [2.24, 2.45) is 0 Å². The number of nitrogens with zero attached hydrogens (tertiary/aromatic N) is 3. The fourth-order valence-corrected chi connectivity index (χ4v) is 6.74. The van der Waals surface area contributed by atoms with E-state index in [1.807, 2.05) is 19.9 Å². The Morgan fingerprint density at radius 1 is 1.11 bits per heavy atom. The van der Waals surface area contributed by atoms with Crippen LogP contribution in [0, 0.1) is 5.82 Å². The number of aromatic nitrogens is 1. The van der Waals surface area contributed by atoms with Gasteiger partial charge in [0.25, 0.3) is 11.1 Å². The Balaban J connectivity index is 1.36. The largest absolute Gasteiger partial charge is 0.467 e. The van der Waals surface area contributed by atoms with Crippen LogP contribution >= 0.6 is 11.3 Å². The number of rotatable bonds is 9. The van der Waals surface area contributed by atoms with Gasteiger partial charge in [0.2, 0.25) is 10.0 Å². The standard InChI is InChI=1S/C25H30FN3O4S2/c1-3-14-29(15-4-2)35(31,32)20-10-8-18(9-11-20)24(30)28-16-12-19(13-17-28)33-25-27-23-21(26)6-5-7-22(23)34-25/h5-11,19H,3-4,12-17H2,1-2H3. The van der Waals surface area contributed by atoms with Crippen molar-refractivity contribution in [3.63, 3.8) is 0 Å². The Bertz CT molecular complexity index is 1260. The Morgan fingerprint density at radius 2 is 1.77 bits per heavy atom. The van der Waals surface area contributed by atoms with Crippen LogP contribution in [0.1, 0.15) is 49.9 Å². The van der Waals surface area contributed by atoms with Crippen LogP contribution in [0.25, 0.3) is 10.2 Å². The first-order valence-electron chi connectivity index (χ1n) is 11.9. The molecule has 188 valence electrons. The van der Waals surface area contributed by atoms with Gasteiger partial charge in [-0.2, -0.15) is 9.29 Å². The first-order valence-corrected chi connectivity index (χ1v) is 14.2. The number of para-hydroxylation sites is 1. The second-order valence-corrected chi connectivity index (χ2v) is 11.5. The minimum Gasteiger partial charge on any atom is -0.467 e. The number of halogens is 1. The van der Waals surface area contributed by atoms with Crippen LogP contribution in [0.4, 0.5) is 4.39 Å². The first kappa shape index (κ1) is 25.5. The Hall–Kier alpha value is -2.56. The van der Waals surface area contributed by atoms with Gasteiger partial charge in [-0.05, 0) is 49.2 Å². The zero-order chi connectivity index (χ0) is 25.0. The van der Waals surface area contributed by atoms with Crippen LogP contribution in [0.15, 0.2) is 47.4 Å². The molecule has 0 radical (unpaired) electrons. The van der Waals surface area contributed by atoms with Crippen LogP contribution in [-0.4, -0.2) is 60.8 Å². The second-order valence-electron chi connectivity index (χ2n) is 8.60. The molecule has 1 saturated heterocycles. The minimum absolute atomic E-state index is 0.0988. The van der Waals surface area contributed by atoms with Gasteiger partial charge in [0.15, 0.2) is 0 Å². The van der Waals surface area contributed by atoms with E-state index in [1.54, 1.807) is 23.1 Å². The molecule has 1 aromatic heterocycles. The van der Waals surface area contributed by atoms with Crippen molar-refractivity contribution in [1.29, 1.82) is 0 Å². The summed E-state index contributed by atoms with van der Waals surface area (Å²) in [6.45, 7) is 5.88. The van der Waals surface area contributed by atoms with E-state index in [0.29, 0.717) is 55.3 Å². The number of fused-ring (bicyclic) bond motifs is 1. The number of piperidine rings is 1. The molecule has 0 unspecified atom stereocenters. The summed E-state index contributed by atoms with van der Waals surface area (Å²) in [5, 5.41) is 0.437. The van der Waals surface area contributed by atoms with E-state index in [-0.39, 0.29) is 22.7 Å². The number of hydrogen-bond donors (Lipinski definition) is 0. The van der Waals surface area contributed by atoms with Gasteiger partial charge in [0.1, 0.15) is 17.4 Å². The monoisotopic (exact) mass is 519 g/mol. The van der Waals surface area contributed by atoms with Gasteiger partial charge < -0.3 is 9.64 Å². The highest BCUT2D eigenvalue weighted by atomic mass is 32.2. The molecule has 10 heteroatoms. The highest BCUT2D eigenvalue weighted by molar-refractivity contribution is 7.89. The van der Waals surface area contributed by atoms with Crippen molar-refractivity contribution < 1.29 is 22.3 Å². The lowest BCUT2D eigenvalue weighted by atomic mass is 10.1. The minimum atomic E-state index is -3.58. The van der Waals surface area contributed by atoms with E-state index in [2.05, 4.69) is 4.98 Å². The predicted molar refractivity (Wildman–Crippen MR) is 135 cm³/mol. The van der Waals surface area contributed by atoms with Gasteiger partial charge in [-0.3, -0.25) is 4.79 Å². The summed E-state index contributed by atoms with van der Waals surface area (Å²) in [6, 6.07) is 11.0. The number of benzene rings is 2. The maximum atomic E-state index is 13.9. The summed E-state index contributed by atoms with van der Waals surface area (Å²) in [4.78, 5) is 19.2. The fourth-order valence-electron chi connectivity index (χ4n) is 4.22. The molecule has 1 aliphatic rings. The van der Waals surface area contributed by atoms with Gasteiger partial charge in [-0.15, -0.1) is 0 Å². The summed E-state index contributed by atoms with van der Waals surface area (Å²) in [5.74, 6) is -0.496. The first-order chi connectivity index (χ1) is 16.8. The quantitative estimate of drug-likeness (QED) is 0.401. The predicted octanol–water partition coefficient (Wildman–Crippen LogP) is 4.93. The van der Waals surface area contributed by atoms with E-state index in [1.165, 1.54) is 33.8 Å². The summed E-state index contributed by atoms with van der Waals surface area (Å²) in [6.07, 6.45) is 2.66. The molecule has 0 bridgehead atoms. The molecule has 4 rings (SSSR count). The second kappa shape index (κ2) is 11.0. The SMILES string of the molecule is CCCN(CCC)S(=O)(=O)c1ccc(C(=O)N2CCC(Oc3nc4c(F)cccc4s3)CC2)cc1. The van der Waals surface area contributed by atoms with Crippen molar-refractivity contribution in [2.45, 2.75) is 50.5 Å². The lowest BCUT2D eigenvalue weighted by molar-refractivity contribution is 0.0595. The molecule has 2 aromatic carbocycles. The highest BCUT2D eigenvalue weighted by Gasteiger charge is 2.27. The van der Waals surface area contributed by atoms with Crippen molar-refractivity contribution >= 4 is 37.5 Å². The van der Waals surface area contributed by atoms with Crippen molar-refractivity contribution in [3.8, 4) is 5.19 Å². The molecule has 1 fully saturated rings. The number of carbonyl (C=O) groups excluding carboxylic acids is 1. The lowest BCUT2D eigenvalue weighted by Crippen LogP contribution is -2.41. The van der Waals surface area contributed by atoms with E-state index < -0.39 is 10.0 Å². The third-order valence-corrected chi connectivity index (χ3v) is 8.86. The van der Waals surface area contributed by atoms with E-state index in [0.717, 1.165) is 17.5 Å². The molecule has 35 heavy (non-hydrogen) atoms. The number of amides is 1. The van der Waals surface area contributed by atoms with Crippen molar-refractivity contribution in [3.05, 3.63) is 53.8 Å². The smallest absolute Gasteiger partial charge is 0.274 e. The van der Waals surface area contributed by atoms with E-state index in [4.69, 9.17) is 4.74 Å². The molecule has 1 aliphatic heterocycles. The maximum Gasteiger partial charge on any atom is 0.274 e. The Kier molecular flexibility index (Phi) is 8.03. The van der Waals surface area contributed by atoms with Gasteiger partial charge in [-0.1, -0.05) is 31.3 Å². The van der Waals surface area contributed by atoms with Gasteiger partial charge in [0, 0.05) is 44.6 Å². The average molecular weight is 520 g/mol. The number of hydrogen-bond acceptors (Lipinski definition) is 6. The zero-order valence-electron chi connectivity index (χ0n) is 19.9. The highest BCUT2D eigenvalue weighted by Crippen LogP contribution is 2.31. The van der Waals surface area contributed by atoms with Crippen LogP contribution < -0.4 is 4.74 Å². The van der Waals surface area contributed by atoms with E-state index in [9.17, 15) is 17.6 Å². The summed E-state index contributed by atoms with van der Waals surface area (Å²) in [7, 11) is -3.58. The summed E-state index contributed by atoms with van der Waals surface area (Å²) < 4.78 is 48.0. The fraction of sp³-hybridized carbons (Fsp3) is 0.440. The Labute approximate surface area is 209 Å². The number of sulfonamides is 1. The third kappa shape index (κ3) is 5.65. The lowest BCUT2D eigenvalue weighted by Gasteiger charge is -2.31. The molecule has 0 aliphatic carbocycles. The summed E-state index contributed by atoms with van der Waals surface area (Å²) >= 11 is 1.31. The number of thiazole rings is 1.